The van der Waals surface area contributed by atoms with Gasteiger partial charge in [0.2, 0.25) is 0 Å². The van der Waals surface area contributed by atoms with Gasteiger partial charge in [0.05, 0.1) is 22.8 Å². The van der Waals surface area contributed by atoms with Gasteiger partial charge in [0.15, 0.2) is 0 Å². The predicted molar refractivity (Wildman–Crippen MR) is 139 cm³/mol. The van der Waals surface area contributed by atoms with E-state index < -0.39 is 15.6 Å². The number of carbonyl (C=O) groups is 1. The van der Waals surface area contributed by atoms with Crippen LogP contribution in [-0.4, -0.2) is 42.4 Å². The second-order valence-corrected chi connectivity index (χ2v) is 10.7. The Morgan fingerprint density at radius 1 is 1.00 bits per heavy atom. The molecule has 37 heavy (non-hydrogen) atoms. The summed E-state index contributed by atoms with van der Waals surface area (Å²) in [7, 11) is -3.89. The highest BCUT2D eigenvalue weighted by atomic mass is 32.2. The monoisotopic (exact) mass is 512 g/mol. The van der Waals surface area contributed by atoms with Crippen molar-refractivity contribution in [3.05, 3.63) is 102 Å². The van der Waals surface area contributed by atoms with Crippen molar-refractivity contribution in [3.8, 4) is 6.07 Å². The molecule has 0 bridgehead atoms. The molecule has 186 valence electrons. The molecule has 0 spiro atoms. The van der Waals surface area contributed by atoms with Crippen molar-refractivity contribution in [1.29, 1.82) is 5.26 Å². The molecule has 2 N–H and O–H groups in total. The minimum Gasteiger partial charge on any atom is -0.385 e. The molecule has 1 aliphatic rings. The summed E-state index contributed by atoms with van der Waals surface area (Å²) in [5, 5.41) is 21.0. The molecule has 0 unspecified atom stereocenters. The predicted octanol–water partition coefficient (Wildman–Crippen LogP) is 4.03. The van der Waals surface area contributed by atoms with E-state index in [1.165, 1.54) is 6.07 Å². The van der Waals surface area contributed by atoms with Crippen LogP contribution in [0.15, 0.2) is 90.0 Å². The SMILES string of the molecule is N#Cc1cccc(C2(O)CCN(C(=O)c3ccc(NS(=O)(=O)c4cccc5cccnc45)cc3)CC2)c1. The van der Waals surface area contributed by atoms with Crippen molar-refractivity contribution in [2.24, 2.45) is 0 Å². The molecule has 9 heteroatoms. The standard InChI is InChI=1S/C28H24N4O4S/c29-19-20-4-1-7-23(18-20)28(34)13-16-32(17-14-28)27(33)22-9-11-24(12-10-22)31-37(35,36)25-8-2-5-21-6-3-15-30-26(21)25/h1-12,15,18,31,34H,13-14,16-17H2. The summed E-state index contributed by atoms with van der Waals surface area (Å²) < 4.78 is 28.6. The number of nitrogens with zero attached hydrogens (tertiary/aromatic N) is 3. The molecule has 1 aromatic heterocycles. The third-order valence-electron chi connectivity index (χ3n) is 6.68. The van der Waals surface area contributed by atoms with Gasteiger partial charge in [0.1, 0.15) is 4.90 Å². The van der Waals surface area contributed by atoms with Crippen molar-refractivity contribution < 1.29 is 18.3 Å². The Kier molecular flexibility index (Phi) is 6.38. The highest BCUT2D eigenvalue weighted by Crippen LogP contribution is 2.34. The Bertz CT molecular complexity index is 1620. The Hall–Kier alpha value is -4.26. The maximum atomic E-state index is 13.1. The number of hydrogen-bond donors (Lipinski definition) is 2. The molecule has 8 nitrogen and oxygen atoms in total. The topological polar surface area (TPSA) is 123 Å². The number of sulfonamides is 1. The lowest BCUT2D eigenvalue weighted by molar-refractivity contribution is -0.0211. The molecule has 1 fully saturated rings. The number of likely N-dealkylation sites (tertiary alicyclic amines) is 1. The number of amides is 1. The molecule has 5 rings (SSSR count). The summed E-state index contributed by atoms with van der Waals surface area (Å²) in [6.45, 7) is 0.711. The van der Waals surface area contributed by atoms with E-state index in [0.717, 1.165) is 5.39 Å². The fraction of sp³-hybridized carbons (Fsp3) is 0.179. The zero-order valence-corrected chi connectivity index (χ0v) is 20.6. The Balaban J connectivity index is 1.27. The molecular weight excluding hydrogens is 488 g/mol. The van der Waals surface area contributed by atoms with Gasteiger partial charge < -0.3 is 10.0 Å². The van der Waals surface area contributed by atoms with Crippen LogP contribution in [0.3, 0.4) is 0 Å². The first-order chi connectivity index (χ1) is 17.8. The van der Waals surface area contributed by atoms with Crippen LogP contribution in [0.5, 0.6) is 0 Å². The number of rotatable bonds is 5. The number of nitrogens with one attached hydrogen (secondary N) is 1. The van der Waals surface area contributed by atoms with Crippen molar-refractivity contribution >= 4 is 32.5 Å². The van der Waals surface area contributed by atoms with Crippen LogP contribution in [-0.2, 0) is 15.6 Å². The van der Waals surface area contributed by atoms with E-state index >= 15 is 0 Å². The second kappa shape index (κ2) is 9.65. The number of aromatic nitrogens is 1. The van der Waals surface area contributed by atoms with Crippen LogP contribution in [0.1, 0.15) is 34.3 Å². The lowest BCUT2D eigenvalue weighted by Gasteiger charge is -2.38. The van der Waals surface area contributed by atoms with Gasteiger partial charge in [-0.05, 0) is 66.9 Å². The van der Waals surface area contributed by atoms with Gasteiger partial charge in [-0.2, -0.15) is 5.26 Å². The van der Waals surface area contributed by atoms with Gasteiger partial charge in [0.25, 0.3) is 15.9 Å². The van der Waals surface area contributed by atoms with Crippen LogP contribution in [0.25, 0.3) is 10.9 Å². The number of fused-ring (bicyclic) bond motifs is 1. The van der Waals surface area contributed by atoms with Crippen molar-refractivity contribution in [2.75, 3.05) is 17.8 Å². The van der Waals surface area contributed by atoms with Gasteiger partial charge in [-0.15, -0.1) is 0 Å². The number of piperidine rings is 1. The number of para-hydroxylation sites is 1. The third kappa shape index (κ3) is 4.89. The summed E-state index contributed by atoms with van der Waals surface area (Å²) in [5.74, 6) is -0.194. The van der Waals surface area contributed by atoms with E-state index in [0.29, 0.717) is 53.8 Å². The number of benzene rings is 3. The number of hydrogen-bond acceptors (Lipinski definition) is 6. The Labute approximate surface area is 214 Å². The van der Waals surface area contributed by atoms with Crippen LogP contribution in [0.2, 0.25) is 0 Å². The molecule has 0 aliphatic carbocycles. The highest BCUT2D eigenvalue weighted by Gasteiger charge is 2.35. The van der Waals surface area contributed by atoms with E-state index in [1.54, 1.807) is 83.9 Å². The zero-order valence-electron chi connectivity index (χ0n) is 19.8. The van der Waals surface area contributed by atoms with Gasteiger partial charge in [-0.25, -0.2) is 8.42 Å². The number of nitriles is 1. The molecule has 1 saturated heterocycles. The Morgan fingerprint density at radius 2 is 1.70 bits per heavy atom. The smallest absolute Gasteiger partial charge is 0.264 e. The van der Waals surface area contributed by atoms with E-state index in [2.05, 4.69) is 15.8 Å². The van der Waals surface area contributed by atoms with Crippen LogP contribution in [0.4, 0.5) is 5.69 Å². The van der Waals surface area contributed by atoms with Gasteiger partial charge in [0, 0.05) is 35.9 Å². The minimum absolute atomic E-state index is 0.0758. The van der Waals surface area contributed by atoms with Gasteiger partial charge >= 0.3 is 0 Å². The van der Waals surface area contributed by atoms with E-state index in [1.807, 2.05) is 0 Å². The summed E-state index contributed by atoms with van der Waals surface area (Å²) in [6, 6.07) is 23.8. The van der Waals surface area contributed by atoms with E-state index in [9.17, 15) is 18.3 Å². The second-order valence-electron chi connectivity index (χ2n) is 9.03. The fourth-order valence-electron chi connectivity index (χ4n) is 4.61. The average molecular weight is 513 g/mol. The summed E-state index contributed by atoms with van der Waals surface area (Å²) in [6.07, 6.45) is 2.25. The maximum absolute atomic E-state index is 13.1. The summed E-state index contributed by atoms with van der Waals surface area (Å²) in [4.78, 5) is 19.0. The van der Waals surface area contributed by atoms with Crippen LogP contribution >= 0.6 is 0 Å². The van der Waals surface area contributed by atoms with Crippen molar-refractivity contribution in [3.63, 3.8) is 0 Å². The van der Waals surface area contributed by atoms with Crippen LogP contribution in [0, 0.1) is 11.3 Å². The van der Waals surface area contributed by atoms with Gasteiger partial charge in [-0.1, -0.05) is 30.3 Å². The highest BCUT2D eigenvalue weighted by molar-refractivity contribution is 7.93. The van der Waals surface area contributed by atoms with E-state index in [-0.39, 0.29) is 10.8 Å². The molecule has 3 aromatic carbocycles. The summed E-state index contributed by atoms with van der Waals surface area (Å²) in [5.41, 5.74) is 1.20. The fourth-order valence-corrected chi connectivity index (χ4v) is 5.85. The number of carbonyl (C=O) groups excluding carboxylic acids is 1. The number of aliphatic hydroxyl groups is 1. The molecule has 1 aliphatic heterocycles. The molecule has 4 aromatic rings. The molecule has 2 heterocycles. The molecule has 0 saturated carbocycles. The third-order valence-corrected chi connectivity index (χ3v) is 8.09. The lowest BCUT2D eigenvalue weighted by Crippen LogP contribution is -2.45. The normalized spacial score (nSPS) is 15.2. The Morgan fingerprint density at radius 3 is 2.43 bits per heavy atom. The van der Waals surface area contributed by atoms with Crippen molar-refractivity contribution in [1.82, 2.24) is 9.88 Å². The average Bonchev–Trinajstić information content (AvgIpc) is 2.93. The molecule has 0 radical (unpaired) electrons. The first-order valence-corrected chi connectivity index (χ1v) is 13.3. The zero-order chi connectivity index (χ0) is 26.0. The van der Waals surface area contributed by atoms with Gasteiger partial charge in [-0.3, -0.25) is 14.5 Å². The quantitative estimate of drug-likeness (QED) is 0.416. The molecular formula is C28H24N4O4S. The van der Waals surface area contributed by atoms with E-state index in [4.69, 9.17) is 5.26 Å². The first-order valence-electron chi connectivity index (χ1n) is 11.8. The largest absolute Gasteiger partial charge is 0.385 e. The maximum Gasteiger partial charge on any atom is 0.264 e. The lowest BCUT2D eigenvalue weighted by atomic mass is 9.83. The molecule has 0 atom stereocenters. The number of anilines is 1. The first kappa shape index (κ1) is 24.4. The minimum atomic E-state index is -3.89. The molecule has 1 amide bonds. The van der Waals surface area contributed by atoms with Crippen LogP contribution < -0.4 is 4.72 Å². The summed E-state index contributed by atoms with van der Waals surface area (Å²) >= 11 is 0. The number of pyridine rings is 1. The van der Waals surface area contributed by atoms with Crippen molar-refractivity contribution in [2.45, 2.75) is 23.3 Å².